The number of carbonyl (C=O) groups excluding carboxylic acids is 2. The molecule has 1 saturated heterocycles. The van der Waals surface area contributed by atoms with E-state index in [2.05, 4.69) is 10.3 Å². The van der Waals surface area contributed by atoms with Crippen molar-refractivity contribution in [3.8, 4) is 0 Å². The molecule has 2 heterocycles. The Hall–Kier alpha value is -2.17. The van der Waals surface area contributed by atoms with E-state index in [9.17, 15) is 9.59 Å². The van der Waals surface area contributed by atoms with Crippen molar-refractivity contribution in [3.05, 3.63) is 35.8 Å². The van der Waals surface area contributed by atoms with Gasteiger partial charge in [-0.15, -0.1) is 0 Å². The van der Waals surface area contributed by atoms with Crippen molar-refractivity contribution in [2.24, 2.45) is 0 Å². The molecule has 1 aromatic rings. The van der Waals surface area contributed by atoms with Crippen LogP contribution in [0.3, 0.4) is 0 Å². The van der Waals surface area contributed by atoms with Gasteiger partial charge in [0.05, 0.1) is 0 Å². The summed E-state index contributed by atoms with van der Waals surface area (Å²) in [5, 5.41) is 2.56. The highest BCUT2D eigenvalue weighted by atomic mass is 16.2. The lowest BCUT2D eigenvalue weighted by Crippen LogP contribution is -2.36. The highest BCUT2D eigenvalue weighted by Gasteiger charge is 2.35. The van der Waals surface area contributed by atoms with Gasteiger partial charge in [0.25, 0.3) is 5.91 Å². The molecule has 88 valence electrons. The predicted octanol–water partition coefficient (Wildman–Crippen LogP) is 1.38. The topological polar surface area (TPSA) is 62.3 Å². The predicted molar refractivity (Wildman–Crippen MR) is 62.7 cm³/mol. The van der Waals surface area contributed by atoms with Gasteiger partial charge in [0.15, 0.2) is 0 Å². The molecule has 0 bridgehead atoms. The van der Waals surface area contributed by atoms with E-state index in [-0.39, 0.29) is 18.0 Å². The highest BCUT2D eigenvalue weighted by molar-refractivity contribution is 6.14. The molecule has 5 heteroatoms. The third-order valence-corrected chi connectivity index (χ3v) is 2.44. The molecule has 0 saturated carbocycles. The minimum Gasteiger partial charge on any atom is -0.303 e. The lowest BCUT2D eigenvalue weighted by Gasteiger charge is -2.15. The first-order valence-electron chi connectivity index (χ1n) is 5.36. The van der Waals surface area contributed by atoms with E-state index >= 15 is 0 Å². The van der Waals surface area contributed by atoms with Gasteiger partial charge in [-0.1, -0.05) is 0 Å². The van der Waals surface area contributed by atoms with Gasteiger partial charge in [0.1, 0.15) is 5.70 Å². The summed E-state index contributed by atoms with van der Waals surface area (Å²) in [4.78, 5) is 28.6. The van der Waals surface area contributed by atoms with Gasteiger partial charge >= 0.3 is 6.03 Å². The van der Waals surface area contributed by atoms with Crippen LogP contribution in [0, 0.1) is 0 Å². The molecule has 1 aliphatic rings. The Bertz CT molecular complexity index is 480. The Morgan fingerprint density at radius 3 is 2.47 bits per heavy atom. The van der Waals surface area contributed by atoms with E-state index in [4.69, 9.17) is 0 Å². The number of hydrogen-bond acceptors (Lipinski definition) is 3. The molecular formula is C12H13N3O2. The van der Waals surface area contributed by atoms with Crippen LogP contribution in [0.4, 0.5) is 4.79 Å². The van der Waals surface area contributed by atoms with E-state index in [1.165, 1.54) is 4.90 Å². The van der Waals surface area contributed by atoms with Gasteiger partial charge in [-0.3, -0.25) is 14.7 Å². The zero-order chi connectivity index (χ0) is 12.4. The molecular weight excluding hydrogens is 218 g/mol. The third-order valence-electron chi connectivity index (χ3n) is 2.44. The summed E-state index contributed by atoms with van der Waals surface area (Å²) in [6.07, 6.45) is 4.91. The summed E-state index contributed by atoms with van der Waals surface area (Å²) in [6, 6.07) is 3.02. The molecule has 0 radical (unpaired) electrons. The first-order chi connectivity index (χ1) is 8.09. The molecule has 1 fully saturated rings. The maximum absolute atomic E-state index is 11.9. The van der Waals surface area contributed by atoms with Crippen molar-refractivity contribution in [2.45, 2.75) is 19.9 Å². The van der Waals surface area contributed by atoms with Crippen LogP contribution in [0.25, 0.3) is 6.08 Å². The van der Waals surface area contributed by atoms with Crippen molar-refractivity contribution in [1.82, 2.24) is 15.2 Å². The van der Waals surface area contributed by atoms with Gasteiger partial charge < -0.3 is 5.32 Å². The van der Waals surface area contributed by atoms with Gasteiger partial charge in [0, 0.05) is 18.4 Å². The number of carbonyl (C=O) groups is 2. The molecule has 0 aliphatic carbocycles. The first kappa shape index (κ1) is 11.3. The van der Waals surface area contributed by atoms with E-state index in [1.807, 2.05) is 0 Å². The second-order valence-corrected chi connectivity index (χ2v) is 4.04. The average molecular weight is 231 g/mol. The molecule has 17 heavy (non-hydrogen) atoms. The molecule has 2 rings (SSSR count). The maximum Gasteiger partial charge on any atom is 0.329 e. The van der Waals surface area contributed by atoms with Crippen LogP contribution in [0.2, 0.25) is 0 Å². The monoisotopic (exact) mass is 231 g/mol. The summed E-state index contributed by atoms with van der Waals surface area (Å²) in [6.45, 7) is 3.60. The van der Waals surface area contributed by atoms with Crippen molar-refractivity contribution in [3.63, 3.8) is 0 Å². The average Bonchev–Trinajstić information content (AvgIpc) is 2.55. The number of rotatable bonds is 2. The van der Waals surface area contributed by atoms with Crippen LogP contribution in [0.15, 0.2) is 30.2 Å². The van der Waals surface area contributed by atoms with Gasteiger partial charge in [-0.2, -0.15) is 0 Å². The molecule has 1 aromatic heterocycles. The number of imide groups is 1. The van der Waals surface area contributed by atoms with Crippen molar-refractivity contribution >= 4 is 18.0 Å². The number of urea groups is 1. The summed E-state index contributed by atoms with van der Waals surface area (Å²) < 4.78 is 0. The summed E-state index contributed by atoms with van der Waals surface area (Å²) in [5.41, 5.74) is 1.13. The first-order valence-corrected chi connectivity index (χ1v) is 5.36. The number of nitrogens with zero attached hydrogens (tertiary/aromatic N) is 2. The number of aromatic nitrogens is 1. The fourth-order valence-electron chi connectivity index (χ4n) is 1.64. The van der Waals surface area contributed by atoms with E-state index in [0.29, 0.717) is 5.70 Å². The quantitative estimate of drug-likeness (QED) is 0.618. The lowest BCUT2D eigenvalue weighted by atomic mass is 10.2. The minimum absolute atomic E-state index is 0.147. The maximum atomic E-state index is 11.9. The Morgan fingerprint density at radius 2 is 1.94 bits per heavy atom. The molecule has 1 N–H and O–H groups in total. The molecule has 5 nitrogen and oxygen atoms in total. The largest absolute Gasteiger partial charge is 0.329 e. The van der Waals surface area contributed by atoms with Crippen molar-refractivity contribution in [2.75, 3.05) is 0 Å². The second kappa shape index (κ2) is 4.37. The van der Waals surface area contributed by atoms with Gasteiger partial charge in [-0.25, -0.2) is 4.79 Å². The summed E-state index contributed by atoms with van der Waals surface area (Å²) in [7, 11) is 0. The smallest absolute Gasteiger partial charge is 0.303 e. The number of nitrogens with one attached hydrogen (secondary N) is 1. The number of pyridine rings is 1. The summed E-state index contributed by atoms with van der Waals surface area (Å²) >= 11 is 0. The lowest BCUT2D eigenvalue weighted by molar-refractivity contribution is -0.123. The van der Waals surface area contributed by atoms with Crippen molar-refractivity contribution < 1.29 is 9.59 Å². The molecule has 0 atom stereocenters. The standard InChI is InChI=1S/C12H13N3O2/c1-8(2)15-11(16)10(14-12(15)17)7-9-3-5-13-6-4-9/h3-8H,1-2H3,(H,14,17)/b10-7-. The van der Waals surface area contributed by atoms with Crippen molar-refractivity contribution in [1.29, 1.82) is 0 Å². The SMILES string of the molecule is CC(C)N1C(=O)N/C(=C\c2ccncc2)C1=O. The Labute approximate surface area is 99.1 Å². The summed E-state index contributed by atoms with van der Waals surface area (Å²) in [5.74, 6) is -0.290. The Balaban J connectivity index is 2.28. The highest BCUT2D eigenvalue weighted by Crippen LogP contribution is 2.15. The second-order valence-electron chi connectivity index (χ2n) is 4.04. The molecule has 1 aliphatic heterocycles. The van der Waals surface area contributed by atoms with Crippen LogP contribution in [-0.2, 0) is 4.79 Å². The van der Waals surface area contributed by atoms with Crippen LogP contribution >= 0.6 is 0 Å². The number of hydrogen-bond donors (Lipinski definition) is 1. The zero-order valence-corrected chi connectivity index (χ0v) is 9.68. The number of amides is 3. The normalized spacial score (nSPS) is 18.1. The van der Waals surface area contributed by atoms with Gasteiger partial charge in [0.2, 0.25) is 0 Å². The molecule has 0 unspecified atom stereocenters. The molecule has 0 spiro atoms. The minimum atomic E-state index is -0.370. The van der Waals surface area contributed by atoms with Crippen LogP contribution in [-0.4, -0.2) is 27.9 Å². The van der Waals surface area contributed by atoms with E-state index < -0.39 is 0 Å². The van der Waals surface area contributed by atoms with Crippen LogP contribution < -0.4 is 5.32 Å². The fourth-order valence-corrected chi connectivity index (χ4v) is 1.64. The van der Waals surface area contributed by atoms with E-state index in [1.54, 1.807) is 44.4 Å². The van der Waals surface area contributed by atoms with Gasteiger partial charge in [-0.05, 0) is 37.6 Å². The van der Waals surface area contributed by atoms with E-state index in [0.717, 1.165) is 5.56 Å². The zero-order valence-electron chi connectivity index (χ0n) is 9.68. The Morgan fingerprint density at radius 1 is 1.29 bits per heavy atom. The van der Waals surface area contributed by atoms with Crippen LogP contribution in [0.5, 0.6) is 0 Å². The van der Waals surface area contributed by atoms with Crippen LogP contribution in [0.1, 0.15) is 19.4 Å². The Kier molecular flexibility index (Phi) is 2.91. The molecule has 0 aromatic carbocycles. The molecule has 3 amide bonds. The fraction of sp³-hybridized carbons (Fsp3) is 0.250. The third kappa shape index (κ3) is 2.18.